The number of hydrogen-bond donors (Lipinski definition) is 0. The van der Waals surface area contributed by atoms with Crippen molar-refractivity contribution in [1.29, 1.82) is 0 Å². The van der Waals surface area contributed by atoms with E-state index >= 15 is 0 Å². The average molecular weight is 200 g/mol. The van der Waals surface area contributed by atoms with Crippen molar-refractivity contribution >= 4 is 29.3 Å². The molecule has 1 nitrogen and oxygen atoms in total. The Bertz CT molecular complexity index is 208. The highest BCUT2D eigenvalue weighted by Gasteiger charge is 2.20. The fourth-order valence-electron chi connectivity index (χ4n) is 0.963. The average Bonchev–Trinajstić information content (AvgIpc) is 2.15. The van der Waals surface area contributed by atoms with Gasteiger partial charge in [-0.25, -0.2) is 0 Å². The number of carbonyl (C=O) groups excluding carboxylic acids is 1. The van der Waals surface area contributed by atoms with Crippen molar-refractivity contribution in [3.8, 4) is 11.8 Å². The summed E-state index contributed by atoms with van der Waals surface area (Å²) >= 11 is 3.66. The molecule has 0 aromatic rings. The Morgan fingerprint density at radius 3 is 3.00 bits per heavy atom. The number of rotatable bonds is 2. The van der Waals surface area contributed by atoms with Crippen LogP contribution in [0.1, 0.15) is 13.3 Å². The van der Waals surface area contributed by atoms with Crippen LogP contribution in [-0.4, -0.2) is 28.3 Å². The Labute approximate surface area is 82.1 Å². The molecule has 12 heavy (non-hydrogen) atoms. The summed E-state index contributed by atoms with van der Waals surface area (Å²) in [6.07, 6.45) is 0.439. The second kappa shape index (κ2) is 5.55. The predicted octanol–water partition coefficient (Wildman–Crippen LogP) is 1.82. The standard InChI is InChI=1S/C9H12OS2/c1-2-3-4-8(10)9-7-11-5-6-12-9/h9H,4-7H2,1H3. The van der Waals surface area contributed by atoms with E-state index in [0.717, 1.165) is 11.5 Å². The zero-order chi connectivity index (χ0) is 8.81. The largest absolute Gasteiger partial charge is 0.297 e. The molecule has 1 heterocycles. The molecule has 1 aliphatic heterocycles. The summed E-state index contributed by atoms with van der Waals surface area (Å²) in [7, 11) is 0. The van der Waals surface area contributed by atoms with Gasteiger partial charge in [0.15, 0.2) is 5.78 Å². The molecule has 0 N–H and O–H groups in total. The van der Waals surface area contributed by atoms with Crippen LogP contribution in [0, 0.1) is 11.8 Å². The van der Waals surface area contributed by atoms with Gasteiger partial charge >= 0.3 is 0 Å². The summed E-state index contributed by atoms with van der Waals surface area (Å²) in [4.78, 5) is 11.4. The van der Waals surface area contributed by atoms with Crippen molar-refractivity contribution in [3.63, 3.8) is 0 Å². The Balaban J connectivity index is 2.33. The van der Waals surface area contributed by atoms with Crippen molar-refractivity contribution in [1.82, 2.24) is 0 Å². The molecular formula is C9H12OS2. The molecule has 66 valence electrons. The van der Waals surface area contributed by atoms with Gasteiger partial charge in [-0.3, -0.25) is 4.79 Å². The van der Waals surface area contributed by atoms with Crippen LogP contribution in [0.15, 0.2) is 0 Å². The summed E-state index contributed by atoms with van der Waals surface area (Å²) in [5, 5.41) is 0.213. The van der Waals surface area contributed by atoms with Gasteiger partial charge in [-0.05, 0) is 6.92 Å². The second-order valence-corrected chi connectivity index (χ2v) is 4.96. The van der Waals surface area contributed by atoms with E-state index in [9.17, 15) is 4.79 Å². The molecule has 0 aliphatic carbocycles. The summed E-state index contributed by atoms with van der Waals surface area (Å²) in [6, 6.07) is 0. The van der Waals surface area contributed by atoms with Gasteiger partial charge in [0, 0.05) is 17.3 Å². The fourth-order valence-corrected chi connectivity index (χ4v) is 3.61. The predicted molar refractivity (Wildman–Crippen MR) is 56.6 cm³/mol. The van der Waals surface area contributed by atoms with E-state index < -0.39 is 0 Å². The first-order valence-electron chi connectivity index (χ1n) is 3.96. The molecule has 1 fully saturated rings. The maximum absolute atomic E-state index is 11.4. The normalized spacial score (nSPS) is 22.6. The van der Waals surface area contributed by atoms with E-state index in [4.69, 9.17) is 0 Å². The summed E-state index contributed by atoms with van der Waals surface area (Å²) < 4.78 is 0. The zero-order valence-corrected chi connectivity index (χ0v) is 8.76. The van der Waals surface area contributed by atoms with E-state index in [1.807, 2.05) is 11.8 Å². The maximum Gasteiger partial charge on any atom is 0.158 e. The minimum Gasteiger partial charge on any atom is -0.297 e. The molecule has 1 saturated heterocycles. The van der Waals surface area contributed by atoms with Crippen molar-refractivity contribution in [3.05, 3.63) is 0 Å². The van der Waals surface area contributed by atoms with Crippen LogP contribution in [0.25, 0.3) is 0 Å². The Morgan fingerprint density at radius 1 is 1.58 bits per heavy atom. The molecule has 0 bridgehead atoms. The van der Waals surface area contributed by atoms with E-state index in [0.29, 0.717) is 12.2 Å². The minimum atomic E-state index is 0.213. The molecule has 1 unspecified atom stereocenters. The van der Waals surface area contributed by atoms with E-state index in [2.05, 4.69) is 11.8 Å². The van der Waals surface area contributed by atoms with Crippen molar-refractivity contribution in [2.45, 2.75) is 18.6 Å². The monoisotopic (exact) mass is 200 g/mol. The van der Waals surface area contributed by atoms with Gasteiger partial charge in [0.2, 0.25) is 0 Å². The molecule has 0 amide bonds. The molecule has 1 rings (SSSR count). The zero-order valence-electron chi connectivity index (χ0n) is 7.13. The van der Waals surface area contributed by atoms with Crippen LogP contribution in [0.4, 0.5) is 0 Å². The third kappa shape index (κ3) is 3.12. The lowest BCUT2D eigenvalue weighted by molar-refractivity contribution is -0.117. The molecule has 0 saturated carbocycles. The topological polar surface area (TPSA) is 17.1 Å². The fraction of sp³-hybridized carbons (Fsp3) is 0.667. The van der Waals surface area contributed by atoms with Crippen LogP contribution in [0.2, 0.25) is 0 Å². The quantitative estimate of drug-likeness (QED) is 0.633. The lowest BCUT2D eigenvalue weighted by Gasteiger charge is -2.18. The second-order valence-electron chi connectivity index (χ2n) is 2.50. The van der Waals surface area contributed by atoms with Gasteiger partial charge in [0.05, 0.1) is 11.7 Å². The van der Waals surface area contributed by atoms with Crippen molar-refractivity contribution < 1.29 is 4.79 Å². The van der Waals surface area contributed by atoms with Crippen molar-refractivity contribution in [2.75, 3.05) is 17.3 Å². The molecule has 1 aliphatic rings. The van der Waals surface area contributed by atoms with Crippen LogP contribution in [-0.2, 0) is 4.79 Å². The number of hydrogen-bond acceptors (Lipinski definition) is 3. The number of Topliss-reactive ketones (excluding diaryl/α,β-unsaturated/α-hetero) is 1. The van der Waals surface area contributed by atoms with Gasteiger partial charge in [0.1, 0.15) is 0 Å². The Kier molecular flexibility index (Phi) is 4.63. The summed E-state index contributed by atoms with van der Waals surface area (Å²) in [5.41, 5.74) is 0. The molecule has 0 aromatic heterocycles. The SMILES string of the molecule is CC#CCC(=O)C1CSCCS1. The molecule has 0 radical (unpaired) electrons. The smallest absolute Gasteiger partial charge is 0.158 e. The van der Waals surface area contributed by atoms with Crippen LogP contribution in [0.3, 0.4) is 0 Å². The Morgan fingerprint density at radius 2 is 2.42 bits per heavy atom. The third-order valence-corrected chi connectivity index (χ3v) is 4.42. The minimum absolute atomic E-state index is 0.213. The molecular weight excluding hydrogens is 188 g/mol. The van der Waals surface area contributed by atoms with Gasteiger partial charge in [-0.15, -0.1) is 17.7 Å². The van der Waals surface area contributed by atoms with Gasteiger partial charge in [-0.2, -0.15) is 11.8 Å². The highest BCUT2D eigenvalue weighted by molar-refractivity contribution is 8.07. The number of carbonyl (C=O) groups is 1. The highest BCUT2D eigenvalue weighted by Crippen LogP contribution is 2.25. The maximum atomic E-state index is 11.4. The lowest BCUT2D eigenvalue weighted by Crippen LogP contribution is -2.23. The van der Waals surface area contributed by atoms with Crippen LogP contribution >= 0.6 is 23.5 Å². The van der Waals surface area contributed by atoms with Crippen LogP contribution in [0.5, 0.6) is 0 Å². The van der Waals surface area contributed by atoms with E-state index in [1.54, 1.807) is 18.7 Å². The summed E-state index contributed by atoms with van der Waals surface area (Å²) in [5.74, 6) is 9.16. The van der Waals surface area contributed by atoms with Crippen molar-refractivity contribution in [2.24, 2.45) is 0 Å². The van der Waals surface area contributed by atoms with Gasteiger partial charge in [0.25, 0.3) is 0 Å². The lowest BCUT2D eigenvalue weighted by atomic mass is 10.2. The van der Waals surface area contributed by atoms with Gasteiger partial charge in [-0.1, -0.05) is 5.92 Å². The first-order chi connectivity index (χ1) is 5.84. The Hall–Kier alpha value is -0.0700. The number of ketones is 1. The van der Waals surface area contributed by atoms with E-state index in [1.165, 1.54) is 5.75 Å². The first-order valence-corrected chi connectivity index (χ1v) is 6.16. The molecule has 3 heteroatoms. The molecule has 1 atom stereocenters. The van der Waals surface area contributed by atoms with Gasteiger partial charge < -0.3 is 0 Å². The van der Waals surface area contributed by atoms with Crippen LogP contribution < -0.4 is 0 Å². The van der Waals surface area contributed by atoms with E-state index in [-0.39, 0.29) is 5.25 Å². The highest BCUT2D eigenvalue weighted by atomic mass is 32.2. The number of thioether (sulfide) groups is 2. The first kappa shape index (κ1) is 10.0. The molecule has 0 spiro atoms. The molecule has 0 aromatic carbocycles. The third-order valence-electron chi connectivity index (χ3n) is 1.61. The summed E-state index contributed by atoms with van der Waals surface area (Å²) in [6.45, 7) is 1.77.